The second-order valence-electron chi connectivity index (χ2n) is 7.89. The van der Waals surface area contributed by atoms with Crippen LogP contribution in [0.15, 0.2) is 42.5 Å². The summed E-state index contributed by atoms with van der Waals surface area (Å²) < 4.78 is 36.8. The van der Waals surface area contributed by atoms with E-state index in [4.69, 9.17) is 9.47 Å². The average Bonchev–Trinajstić information content (AvgIpc) is 2.80. The van der Waals surface area contributed by atoms with Gasteiger partial charge in [-0.05, 0) is 38.5 Å². The molecule has 1 N–H and O–H groups in total. The number of likely N-dealkylation sites (N-methyl/N-ethyl adjacent to an activating group) is 1. The Labute approximate surface area is 201 Å². The van der Waals surface area contributed by atoms with Crippen LogP contribution in [0.4, 0.5) is 5.69 Å². The molecule has 0 saturated carbocycles. The van der Waals surface area contributed by atoms with Crippen LogP contribution in [0.1, 0.15) is 25.0 Å². The van der Waals surface area contributed by atoms with Crippen LogP contribution < -0.4 is 19.1 Å². The molecule has 0 spiro atoms. The van der Waals surface area contributed by atoms with Crippen molar-refractivity contribution in [1.82, 2.24) is 10.2 Å². The lowest BCUT2D eigenvalue weighted by Crippen LogP contribution is -2.51. The van der Waals surface area contributed by atoms with E-state index in [1.54, 1.807) is 19.9 Å². The molecule has 2 aromatic carbocycles. The Morgan fingerprint density at radius 1 is 1.03 bits per heavy atom. The summed E-state index contributed by atoms with van der Waals surface area (Å²) in [4.78, 5) is 27.4. The Kier molecular flexibility index (Phi) is 9.31. The smallest absolute Gasteiger partial charge is 0.244 e. The third-order valence-corrected chi connectivity index (χ3v) is 6.47. The molecular formula is C24H33N3O6S. The molecule has 0 aliphatic rings. The fourth-order valence-electron chi connectivity index (χ4n) is 3.39. The number of anilines is 1. The van der Waals surface area contributed by atoms with Gasteiger partial charge < -0.3 is 19.7 Å². The molecule has 10 heteroatoms. The topological polar surface area (TPSA) is 105 Å². The van der Waals surface area contributed by atoms with Gasteiger partial charge in [-0.3, -0.25) is 13.9 Å². The van der Waals surface area contributed by atoms with Gasteiger partial charge in [0.2, 0.25) is 21.8 Å². The van der Waals surface area contributed by atoms with Gasteiger partial charge in [0.15, 0.2) is 11.5 Å². The van der Waals surface area contributed by atoms with E-state index in [0.29, 0.717) is 18.0 Å². The largest absolute Gasteiger partial charge is 0.493 e. The first-order valence-electron chi connectivity index (χ1n) is 10.8. The Hall–Kier alpha value is -3.27. The molecule has 0 fully saturated rings. The number of amides is 2. The van der Waals surface area contributed by atoms with Gasteiger partial charge in [0.1, 0.15) is 12.6 Å². The van der Waals surface area contributed by atoms with E-state index in [2.05, 4.69) is 5.32 Å². The lowest BCUT2D eigenvalue weighted by molar-refractivity contribution is -0.139. The van der Waals surface area contributed by atoms with E-state index < -0.39 is 28.5 Å². The van der Waals surface area contributed by atoms with Crippen LogP contribution in [0.5, 0.6) is 11.5 Å². The number of methoxy groups -OCH3 is 2. The van der Waals surface area contributed by atoms with Gasteiger partial charge >= 0.3 is 0 Å². The fourth-order valence-corrected chi connectivity index (χ4v) is 4.23. The maximum Gasteiger partial charge on any atom is 0.244 e. The van der Waals surface area contributed by atoms with Gasteiger partial charge in [-0.15, -0.1) is 0 Å². The molecule has 186 valence electrons. The first-order chi connectivity index (χ1) is 16.0. The standard InChI is InChI=1S/C24H33N3O6S/c1-7-25-24(29)18(3)26(15-19-10-8-17(2)9-11-19)23(28)16-27(34(6,30)31)20-12-13-21(32-4)22(14-20)33-5/h8-14,18H,7,15-16H2,1-6H3,(H,25,29). The molecule has 2 aromatic rings. The number of hydrogen-bond donors (Lipinski definition) is 1. The predicted molar refractivity (Wildman–Crippen MR) is 132 cm³/mol. The maximum atomic E-state index is 13.5. The zero-order valence-corrected chi connectivity index (χ0v) is 21.3. The first kappa shape index (κ1) is 27.0. The Bertz CT molecular complexity index is 1100. The minimum atomic E-state index is -3.84. The lowest BCUT2D eigenvalue weighted by Gasteiger charge is -2.31. The number of benzene rings is 2. The third kappa shape index (κ3) is 6.86. The van der Waals surface area contributed by atoms with E-state index in [1.807, 2.05) is 31.2 Å². The van der Waals surface area contributed by atoms with Crippen molar-refractivity contribution in [2.24, 2.45) is 0 Å². The Morgan fingerprint density at radius 3 is 2.18 bits per heavy atom. The monoisotopic (exact) mass is 491 g/mol. The summed E-state index contributed by atoms with van der Waals surface area (Å²) in [5.41, 5.74) is 2.14. The molecule has 0 aliphatic carbocycles. The van der Waals surface area contributed by atoms with Crippen LogP contribution in [-0.2, 0) is 26.2 Å². The van der Waals surface area contributed by atoms with Crippen molar-refractivity contribution in [3.63, 3.8) is 0 Å². The second kappa shape index (κ2) is 11.7. The second-order valence-corrected chi connectivity index (χ2v) is 9.79. The molecule has 2 amide bonds. The Balaban J connectivity index is 2.42. The highest BCUT2D eigenvalue weighted by atomic mass is 32.2. The molecule has 0 radical (unpaired) electrons. The number of carbonyl (C=O) groups is 2. The molecule has 2 rings (SSSR count). The fraction of sp³-hybridized carbons (Fsp3) is 0.417. The van der Waals surface area contributed by atoms with Gasteiger partial charge in [-0.25, -0.2) is 8.42 Å². The Morgan fingerprint density at radius 2 is 1.65 bits per heavy atom. The van der Waals surface area contributed by atoms with Crippen molar-refractivity contribution in [3.8, 4) is 11.5 Å². The molecule has 9 nitrogen and oxygen atoms in total. The number of carbonyl (C=O) groups excluding carboxylic acids is 2. The van der Waals surface area contributed by atoms with Crippen LogP contribution in [0.3, 0.4) is 0 Å². The minimum Gasteiger partial charge on any atom is -0.493 e. The molecule has 1 unspecified atom stereocenters. The first-order valence-corrected chi connectivity index (χ1v) is 12.7. The van der Waals surface area contributed by atoms with Crippen molar-refractivity contribution in [3.05, 3.63) is 53.6 Å². The zero-order chi connectivity index (χ0) is 25.5. The van der Waals surface area contributed by atoms with E-state index in [-0.39, 0.29) is 18.1 Å². The van der Waals surface area contributed by atoms with Crippen molar-refractivity contribution in [1.29, 1.82) is 0 Å². The van der Waals surface area contributed by atoms with Crippen LogP contribution in [0.2, 0.25) is 0 Å². The highest BCUT2D eigenvalue weighted by molar-refractivity contribution is 7.92. The minimum absolute atomic E-state index is 0.154. The number of nitrogens with one attached hydrogen (secondary N) is 1. The quantitative estimate of drug-likeness (QED) is 0.517. The van der Waals surface area contributed by atoms with E-state index in [9.17, 15) is 18.0 Å². The van der Waals surface area contributed by atoms with Crippen LogP contribution >= 0.6 is 0 Å². The van der Waals surface area contributed by atoms with Crippen molar-refractivity contribution in [2.75, 3.05) is 37.9 Å². The average molecular weight is 492 g/mol. The van der Waals surface area contributed by atoms with E-state index in [1.165, 1.54) is 31.3 Å². The summed E-state index contributed by atoms with van der Waals surface area (Å²) in [5.74, 6) is -0.0790. The number of nitrogens with zero attached hydrogens (tertiary/aromatic N) is 2. The number of ether oxygens (including phenoxy) is 2. The highest BCUT2D eigenvalue weighted by Gasteiger charge is 2.30. The third-order valence-electron chi connectivity index (χ3n) is 5.33. The van der Waals surface area contributed by atoms with Crippen LogP contribution in [0.25, 0.3) is 0 Å². The van der Waals surface area contributed by atoms with Gasteiger partial charge in [0, 0.05) is 19.2 Å². The maximum absolute atomic E-state index is 13.5. The van der Waals surface area contributed by atoms with E-state index >= 15 is 0 Å². The summed E-state index contributed by atoms with van der Waals surface area (Å²) in [6.07, 6.45) is 1.02. The number of rotatable bonds is 11. The number of aryl methyl sites for hydroxylation is 1. The molecular weight excluding hydrogens is 458 g/mol. The molecule has 34 heavy (non-hydrogen) atoms. The molecule has 0 heterocycles. The van der Waals surface area contributed by atoms with Gasteiger partial charge in [0.25, 0.3) is 0 Å². The van der Waals surface area contributed by atoms with E-state index in [0.717, 1.165) is 21.7 Å². The highest BCUT2D eigenvalue weighted by Crippen LogP contribution is 2.32. The van der Waals surface area contributed by atoms with Crippen molar-refractivity contribution >= 4 is 27.5 Å². The van der Waals surface area contributed by atoms with Gasteiger partial charge in [-0.1, -0.05) is 29.8 Å². The summed E-state index contributed by atoms with van der Waals surface area (Å²) in [6, 6.07) is 11.4. The van der Waals surface area contributed by atoms with Gasteiger partial charge in [-0.2, -0.15) is 0 Å². The van der Waals surface area contributed by atoms with Crippen molar-refractivity contribution in [2.45, 2.75) is 33.4 Å². The summed E-state index contributed by atoms with van der Waals surface area (Å²) in [5, 5.41) is 2.72. The zero-order valence-electron chi connectivity index (χ0n) is 20.5. The van der Waals surface area contributed by atoms with Crippen LogP contribution in [-0.4, -0.2) is 64.7 Å². The molecule has 0 saturated heterocycles. The molecule has 0 aliphatic heterocycles. The molecule has 0 bridgehead atoms. The molecule has 1 atom stereocenters. The van der Waals surface area contributed by atoms with Gasteiger partial charge in [0.05, 0.1) is 26.2 Å². The number of sulfonamides is 1. The van der Waals surface area contributed by atoms with Crippen LogP contribution in [0, 0.1) is 6.92 Å². The summed E-state index contributed by atoms with van der Waals surface area (Å²) in [6.45, 7) is 5.45. The molecule has 0 aromatic heterocycles. The lowest BCUT2D eigenvalue weighted by atomic mass is 10.1. The summed E-state index contributed by atoms with van der Waals surface area (Å²) in [7, 11) is -0.924. The summed E-state index contributed by atoms with van der Waals surface area (Å²) >= 11 is 0. The van der Waals surface area contributed by atoms with Crippen molar-refractivity contribution < 1.29 is 27.5 Å². The number of hydrogen-bond acceptors (Lipinski definition) is 6. The normalized spacial score (nSPS) is 11.9. The SMILES string of the molecule is CCNC(=O)C(C)N(Cc1ccc(C)cc1)C(=O)CN(c1ccc(OC)c(OC)c1)S(C)(=O)=O. The predicted octanol–water partition coefficient (Wildman–Crippen LogP) is 2.33.